The number of para-hydroxylation sites is 2. The van der Waals surface area contributed by atoms with Crippen molar-refractivity contribution in [3.63, 3.8) is 0 Å². The first-order chi connectivity index (χ1) is 15.6. The first-order valence-corrected chi connectivity index (χ1v) is 9.72. The lowest BCUT2D eigenvalue weighted by Gasteiger charge is -2.18. The summed E-state index contributed by atoms with van der Waals surface area (Å²) in [6, 6.07) is 11.5. The number of carbonyl (C=O) groups is 2. The number of hydrogen-bond donors (Lipinski definition) is 1. The van der Waals surface area contributed by atoms with Crippen LogP contribution in [0.1, 0.15) is 5.56 Å². The molecule has 2 heterocycles. The van der Waals surface area contributed by atoms with Crippen molar-refractivity contribution < 1.29 is 27.2 Å². The number of fused-ring (bicyclic) bond motifs is 3. The van der Waals surface area contributed by atoms with Crippen LogP contribution in [0.5, 0.6) is 0 Å². The average molecular weight is 458 g/mol. The van der Waals surface area contributed by atoms with Gasteiger partial charge in [0.25, 0.3) is 5.56 Å². The predicted octanol–water partition coefficient (Wildman–Crippen LogP) is 3.26. The number of aromatic nitrogens is 2. The summed E-state index contributed by atoms with van der Waals surface area (Å²) in [5.41, 5.74) is -1.13. The van der Waals surface area contributed by atoms with Crippen molar-refractivity contribution in [3.8, 4) is 0 Å². The van der Waals surface area contributed by atoms with E-state index in [2.05, 4.69) is 10.3 Å². The van der Waals surface area contributed by atoms with E-state index >= 15 is 0 Å². The van der Waals surface area contributed by atoms with Crippen LogP contribution in [-0.2, 0) is 22.3 Å². The zero-order valence-electron chi connectivity index (χ0n) is 17.2. The summed E-state index contributed by atoms with van der Waals surface area (Å²) in [6.07, 6.45) is -3.44. The summed E-state index contributed by atoms with van der Waals surface area (Å²) in [4.78, 5) is 42.7. The van der Waals surface area contributed by atoms with E-state index in [9.17, 15) is 27.6 Å². The molecule has 4 rings (SSSR count). The number of alkyl halides is 3. The Balaban J connectivity index is 1.47. The fourth-order valence-corrected chi connectivity index (χ4v) is 3.33. The molecular formula is C22H17F3N4O4. The summed E-state index contributed by atoms with van der Waals surface area (Å²) >= 11 is 0. The van der Waals surface area contributed by atoms with E-state index in [1.807, 2.05) is 0 Å². The van der Waals surface area contributed by atoms with Gasteiger partial charge in [-0.2, -0.15) is 13.2 Å². The van der Waals surface area contributed by atoms with Crippen molar-refractivity contribution in [1.82, 2.24) is 14.5 Å². The van der Waals surface area contributed by atoms with E-state index in [0.717, 1.165) is 21.6 Å². The molecule has 4 aromatic rings. The molecule has 2 amide bonds. The van der Waals surface area contributed by atoms with Crippen LogP contribution >= 0.6 is 0 Å². The highest BCUT2D eigenvalue weighted by Gasteiger charge is 2.33. The molecule has 2 aromatic carbocycles. The molecule has 8 nitrogen and oxygen atoms in total. The Morgan fingerprint density at radius 2 is 1.82 bits per heavy atom. The molecule has 0 spiro atoms. The molecule has 0 bridgehead atoms. The second kappa shape index (κ2) is 8.41. The van der Waals surface area contributed by atoms with E-state index in [-0.39, 0.29) is 5.58 Å². The maximum Gasteiger partial charge on any atom is 0.418 e. The third-order valence-electron chi connectivity index (χ3n) is 4.97. The SMILES string of the molecule is CN(CC(=O)Nc1ccccc1C(F)(F)F)C(=O)Cn1cnc2c(oc3ccccc32)c1=O. The molecule has 170 valence electrons. The number of anilines is 1. The van der Waals surface area contributed by atoms with E-state index in [1.165, 1.54) is 25.5 Å². The number of nitrogens with one attached hydrogen (secondary N) is 1. The van der Waals surface area contributed by atoms with Crippen LogP contribution in [-0.4, -0.2) is 39.9 Å². The van der Waals surface area contributed by atoms with Crippen LogP contribution in [0.2, 0.25) is 0 Å². The number of amides is 2. The molecule has 2 aromatic heterocycles. The number of carbonyl (C=O) groups excluding carboxylic acids is 2. The van der Waals surface area contributed by atoms with E-state index in [4.69, 9.17) is 4.42 Å². The van der Waals surface area contributed by atoms with Gasteiger partial charge in [-0.25, -0.2) is 4.98 Å². The van der Waals surface area contributed by atoms with Gasteiger partial charge in [0.2, 0.25) is 17.4 Å². The van der Waals surface area contributed by atoms with Gasteiger partial charge in [0.05, 0.1) is 24.1 Å². The Morgan fingerprint density at radius 1 is 1.12 bits per heavy atom. The van der Waals surface area contributed by atoms with Crippen molar-refractivity contribution in [2.75, 3.05) is 18.9 Å². The minimum atomic E-state index is -4.64. The summed E-state index contributed by atoms with van der Waals surface area (Å²) < 4.78 is 45.9. The summed E-state index contributed by atoms with van der Waals surface area (Å²) in [6.45, 7) is -0.943. The van der Waals surface area contributed by atoms with Crippen LogP contribution in [0.25, 0.3) is 22.1 Å². The lowest BCUT2D eigenvalue weighted by molar-refractivity contribution is -0.137. The third-order valence-corrected chi connectivity index (χ3v) is 4.97. The van der Waals surface area contributed by atoms with Crippen LogP contribution in [0, 0.1) is 0 Å². The molecule has 0 atom stereocenters. The highest BCUT2D eigenvalue weighted by Crippen LogP contribution is 2.34. The number of nitrogens with zero attached hydrogens (tertiary/aromatic N) is 3. The van der Waals surface area contributed by atoms with E-state index in [0.29, 0.717) is 16.5 Å². The Bertz CT molecular complexity index is 1420. The largest absolute Gasteiger partial charge is 0.448 e. The minimum Gasteiger partial charge on any atom is -0.448 e. The number of halogens is 3. The standard InChI is InChI=1S/C22H17F3N4O4/c1-28(10-17(30)27-15-8-4-3-7-14(15)22(23,24)25)18(31)11-29-12-26-19-13-6-2-5-9-16(13)33-20(19)21(29)32/h2-9,12H,10-11H2,1H3,(H,27,30). The van der Waals surface area contributed by atoms with Crippen molar-refractivity contribution in [1.29, 1.82) is 0 Å². The highest BCUT2D eigenvalue weighted by molar-refractivity contribution is 6.01. The maximum absolute atomic E-state index is 13.1. The maximum atomic E-state index is 13.1. The number of likely N-dealkylation sites (N-methyl/N-ethyl adjacent to an activating group) is 1. The summed E-state index contributed by atoms with van der Waals surface area (Å²) in [5, 5.41) is 2.83. The molecule has 33 heavy (non-hydrogen) atoms. The molecule has 0 aliphatic rings. The zero-order valence-corrected chi connectivity index (χ0v) is 17.2. The van der Waals surface area contributed by atoms with Crippen LogP contribution in [0.4, 0.5) is 18.9 Å². The quantitative estimate of drug-likeness (QED) is 0.495. The number of rotatable bonds is 5. The molecule has 11 heteroatoms. The lowest BCUT2D eigenvalue weighted by atomic mass is 10.1. The molecule has 0 fully saturated rings. The van der Waals surface area contributed by atoms with Crippen LogP contribution < -0.4 is 10.9 Å². The second-order valence-electron chi connectivity index (χ2n) is 7.29. The number of benzene rings is 2. The van der Waals surface area contributed by atoms with Crippen LogP contribution in [0.3, 0.4) is 0 Å². The summed E-state index contributed by atoms with van der Waals surface area (Å²) in [5.74, 6) is -1.44. The van der Waals surface area contributed by atoms with Crippen molar-refractivity contribution in [2.45, 2.75) is 12.7 Å². The highest BCUT2D eigenvalue weighted by atomic mass is 19.4. The van der Waals surface area contributed by atoms with Gasteiger partial charge in [0.1, 0.15) is 17.6 Å². The van der Waals surface area contributed by atoms with Crippen molar-refractivity contribution >= 4 is 39.6 Å². The topological polar surface area (TPSA) is 97.4 Å². The number of furan rings is 1. The minimum absolute atomic E-state index is 0.00402. The van der Waals surface area contributed by atoms with Crippen LogP contribution in [0.15, 0.2) is 64.1 Å². The monoisotopic (exact) mass is 458 g/mol. The molecule has 1 N–H and O–H groups in total. The lowest BCUT2D eigenvalue weighted by Crippen LogP contribution is -2.38. The summed E-state index contributed by atoms with van der Waals surface area (Å²) in [7, 11) is 1.30. The van der Waals surface area contributed by atoms with Crippen molar-refractivity contribution in [3.05, 3.63) is 70.8 Å². The van der Waals surface area contributed by atoms with Gasteiger partial charge < -0.3 is 14.6 Å². The second-order valence-corrected chi connectivity index (χ2v) is 7.29. The van der Waals surface area contributed by atoms with Crippen molar-refractivity contribution in [2.24, 2.45) is 0 Å². The molecule has 0 saturated heterocycles. The first kappa shape index (κ1) is 22.1. The molecule has 0 unspecified atom stereocenters. The van der Waals surface area contributed by atoms with Gasteiger partial charge in [-0.1, -0.05) is 24.3 Å². The fourth-order valence-electron chi connectivity index (χ4n) is 3.33. The Morgan fingerprint density at radius 3 is 2.58 bits per heavy atom. The Kier molecular flexibility index (Phi) is 5.62. The zero-order chi connectivity index (χ0) is 23.8. The molecule has 0 aliphatic carbocycles. The number of hydrogen-bond acceptors (Lipinski definition) is 5. The average Bonchev–Trinajstić information content (AvgIpc) is 3.14. The Labute approximate surface area is 184 Å². The van der Waals surface area contributed by atoms with Gasteiger partial charge in [0, 0.05) is 12.4 Å². The van der Waals surface area contributed by atoms with Gasteiger partial charge in [-0.3, -0.25) is 19.0 Å². The Hall–Kier alpha value is -4.15. The first-order valence-electron chi connectivity index (χ1n) is 9.72. The molecule has 0 radical (unpaired) electrons. The van der Waals surface area contributed by atoms with E-state index < -0.39 is 47.9 Å². The third kappa shape index (κ3) is 4.43. The molecular weight excluding hydrogens is 441 g/mol. The van der Waals surface area contributed by atoms with Gasteiger partial charge in [0.15, 0.2) is 0 Å². The smallest absolute Gasteiger partial charge is 0.418 e. The van der Waals surface area contributed by atoms with Gasteiger partial charge >= 0.3 is 6.18 Å². The predicted molar refractivity (Wildman–Crippen MR) is 113 cm³/mol. The normalized spacial score (nSPS) is 11.6. The van der Waals surface area contributed by atoms with Gasteiger partial charge in [-0.05, 0) is 24.3 Å². The van der Waals surface area contributed by atoms with Gasteiger partial charge in [-0.15, -0.1) is 0 Å². The fraction of sp³-hybridized carbons (Fsp3) is 0.182. The molecule has 0 saturated carbocycles. The molecule has 0 aliphatic heterocycles. The van der Waals surface area contributed by atoms with E-state index in [1.54, 1.807) is 24.3 Å².